The molecular weight excluding hydrogens is 408 g/mol. The lowest BCUT2D eigenvalue weighted by Gasteiger charge is -2.24. The Bertz CT molecular complexity index is 882. The minimum absolute atomic E-state index is 0.320. The minimum Gasteiger partial charge on any atom is -0.362 e. The van der Waals surface area contributed by atoms with E-state index >= 15 is 0 Å². The summed E-state index contributed by atoms with van der Waals surface area (Å²) < 4.78 is 0. The van der Waals surface area contributed by atoms with Gasteiger partial charge in [0.2, 0.25) is 5.91 Å². The number of likely N-dealkylation sites (tertiary alicyclic amines) is 1. The van der Waals surface area contributed by atoms with Gasteiger partial charge in [0.15, 0.2) is 0 Å². The van der Waals surface area contributed by atoms with Crippen LogP contribution in [-0.2, 0) is 4.79 Å². The summed E-state index contributed by atoms with van der Waals surface area (Å²) in [5.41, 5.74) is 4.45. The SMILES string of the molecule is C=CNc1ccc(C)c(C(=N)c2ccccc2)c1.CCCN(CCC)C(=O)CN1CCCC1. The number of amides is 1. The van der Waals surface area contributed by atoms with Crippen LogP contribution in [0, 0.1) is 12.3 Å². The van der Waals surface area contributed by atoms with Gasteiger partial charge in [0.05, 0.1) is 12.3 Å². The molecule has 1 aliphatic heterocycles. The standard InChI is InChI=1S/C16H16N2.C12H24N2O/c1-3-18-14-10-9-12(2)15(11-14)16(17)13-7-5-4-6-8-13;1-3-7-14(8-4-2)12(15)11-13-9-5-6-10-13/h3-11,17-18H,1H2,2H3;3-11H2,1-2H3. The van der Waals surface area contributed by atoms with E-state index in [0.717, 1.165) is 61.4 Å². The van der Waals surface area contributed by atoms with E-state index in [4.69, 9.17) is 5.41 Å². The molecule has 0 spiro atoms. The van der Waals surface area contributed by atoms with Gasteiger partial charge >= 0.3 is 0 Å². The van der Waals surface area contributed by atoms with Crippen LogP contribution in [-0.4, -0.2) is 54.1 Å². The fourth-order valence-corrected chi connectivity index (χ4v) is 3.99. The van der Waals surface area contributed by atoms with E-state index in [9.17, 15) is 4.79 Å². The average Bonchev–Trinajstić information content (AvgIpc) is 3.34. The number of nitrogens with zero attached hydrogens (tertiary/aromatic N) is 2. The van der Waals surface area contributed by atoms with Gasteiger partial charge in [0, 0.05) is 29.9 Å². The predicted octanol–water partition coefficient (Wildman–Crippen LogP) is 5.70. The maximum absolute atomic E-state index is 12.0. The average molecular weight is 449 g/mol. The molecule has 0 aromatic heterocycles. The first kappa shape index (κ1) is 26.3. The number of carbonyl (C=O) groups is 1. The lowest BCUT2D eigenvalue weighted by Crippen LogP contribution is -2.40. The van der Waals surface area contributed by atoms with Crippen molar-refractivity contribution in [3.63, 3.8) is 0 Å². The quantitative estimate of drug-likeness (QED) is 0.459. The van der Waals surface area contributed by atoms with Gasteiger partial charge in [-0.05, 0) is 69.6 Å². The molecule has 1 heterocycles. The molecule has 2 aromatic carbocycles. The van der Waals surface area contributed by atoms with Crippen molar-refractivity contribution < 1.29 is 4.79 Å². The molecule has 0 saturated carbocycles. The van der Waals surface area contributed by atoms with Crippen molar-refractivity contribution >= 4 is 17.3 Å². The molecule has 0 radical (unpaired) electrons. The number of hydrogen-bond acceptors (Lipinski definition) is 4. The Balaban J connectivity index is 0.000000238. The van der Waals surface area contributed by atoms with Crippen LogP contribution in [0.15, 0.2) is 61.3 Å². The first-order chi connectivity index (χ1) is 16.0. The van der Waals surface area contributed by atoms with Crippen molar-refractivity contribution in [2.75, 3.05) is 38.0 Å². The topological polar surface area (TPSA) is 59.4 Å². The predicted molar refractivity (Wildman–Crippen MR) is 140 cm³/mol. The Morgan fingerprint density at radius 1 is 1.09 bits per heavy atom. The van der Waals surface area contributed by atoms with Crippen LogP contribution >= 0.6 is 0 Å². The molecule has 178 valence electrons. The molecule has 0 atom stereocenters. The van der Waals surface area contributed by atoms with E-state index in [1.807, 2.05) is 60.4 Å². The van der Waals surface area contributed by atoms with Crippen molar-refractivity contribution in [1.82, 2.24) is 9.80 Å². The number of nitrogens with one attached hydrogen (secondary N) is 2. The van der Waals surface area contributed by atoms with Gasteiger partial charge < -0.3 is 10.2 Å². The van der Waals surface area contributed by atoms with E-state index in [0.29, 0.717) is 18.2 Å². The zero-order chi connectivity index (χ0) is 24.1. The van der Waals surface area contributed by atoms with Gasteiger partial charge in [-0.3, -0.25) is 15.1 Å². The lowest BCUT2D eigenvalue weighted by molar-refractivity contribution is -0.132. The molecule has 2 aromatic rings. The maximum Gasteiger partial charge on any atom is 0.236 e. The maximum atomic E-state index is 12.0. The minimum atomic E-state index is 0.320. The number of anilines is 1. The zero-order valence-corrected chi connectivity index (χ0v) is 20.6. The highest BCUT2D eigenvalue weighted by atomic mass is 16.2. The Morgan fingerprint density at radius 2 is 1.73 bits per heavy atom. The van der Waals surface area contributed by atoms with Crippen molar-refractivity contribution in [2.45, 2.75) is 46.5 Å². The molecule has 5 nitrogen and oxygen atoms in total. The van der Waals surface area contributed by atoms with E-state index < -0.39 is 0 Å². The first-order valence-electron chi connectivity index (χ1n) is 12.1. The van der Waals surface area contributed by atoms with E-state index in [1.165, 1.54) is 12.8 Å². The number of benzene rings is 2. The van der Waals surface area contributed by atoms with Crippen molar-refractivity contribution in [2.24, 2.45) is 0 Å². The third-order valence-corrected chi connectivity index (χ3v) is 5.74. The number of rotatable bonds is 10. The molecule has 0 bridgehead atoms. The van der Waals surface area contributed by atoms with Gasteiger partial charge in [-0.1, -0.05) is 56.8 Å². The highest BCUT2D eigenvalue weighted by molar-refractivity contribution is 6.12. The summed E-state index contributed by atoms with van der Waals surface area (Å²) in [6.45, 7) is 14.6. The van der Waals surface area contributed by atoms with Gasteiger partial charge in [-0.2, -0.15) is 0 Å². The monoisotopic (exact) mass is 448 g/mol. The van der Waals surface area contributed by atoms with Gasteiger partial charge in [-0.25, -0.2) is 0 Å². The van der Waals surface area contributed by atoms with Crippen LogP contribution in [0.25, 0.3) is 0 Å². The van der Waals surface area contributed by atoms with Crippen LogP contribution in [0.3, 0.4) is 0 Å². The molecule has 1 aliphatic rings. The van der Waals surface area contributed by atoms with Gasteiger partial charge in [0.25, 0.3) is 0 Å². The van der Waals surface area contributed by atoms with E-state index in [1.54, 1.807) is 6.20 Å². The van der Waals surface area contributed by atoms with Gasteiger partial charge in [0.1, 0.15) is 0 Å². The van der Waals surface area contributed by atoms with Gasteiger partial charge in [-0.15, -0.1) is 0 Å². The molecule has 0 unspecified atom stereocenters. The van der Waals surface area contributed by atoms with Crippen LogP contribution in [0.4, 0.5) is 5.69 Å². The summed E-state index contributed by atoms with van der Waals surface area (Å²) >= 11 is 0. The summed E-state index contributed by atoms with van der Waals surface area (Å²) in [4.78, 5) is 16.3. The normalized spacial score (nSPS) is 13.1. The summed E-state index contributed by atoms with van der Waals surface area (Å²) in [5.74, 6) is 0.320. The van der Waals surface area contributed by atoms with Crippen LogP contribution in [0.1, 0.15) is 56.2 Å². The molecule has 0 aliphatic carbocycles. The van der Waals surface area contributed by atoms with Crippen LogP contribution in [0.2, 0.25) is 0 Å². The second-order valence-electron chi connectivity index (χ2n) is 8.48. The largest absolute Gasteiger partial charge is 0.362 e. The Kier molecular flexibility index (Phi) is 11.4. The second-order valence-corrected chi connectivity index (χ2v) is 8.48. The summed E-state index contributed by atoms with van der Waals surface area (Å²) in [5, 5.41) is 11.3. The molecular formula is C28H40N4O. The fraction of sp³-hybridized carbons (Fsp3) is 0.429. The summed E-state index contributed by atoms with van der Waals surface area (Å²) in [7, 11) is 0. The number of carbonyl (C=O) groups excluding carboxylic acids is 1. The molecule has 1 amide bonds. The number of hydrogen-bond donors (Lipinski definition) is 2. The zero-order valence-electron chi connectivity index (χ0n) is 20.6. The number of aryl methyl sites for hydroxylation is 1. The Hall–Kier alpha value is -2.92. The van der Waals surface area contributed by atoms with Crippen LogP contribution in [0.5, 0.6) is 0 Å². The molecule has 2 N–H and O–H groups in total. The summed E-state index contributed by atoms with van der Waals surface area (Å²) in [6, 6.07) is 15.7. The Labute approximate surface area is 200 Å². The molecule has 33 heavy (non-hydrogen) atoms. The smallest absolute Gasteiger partial charge is 0.236 e. The second kappa shape index (κ2) is 14.3. The highest BCUT2D eigenvalue weighted by Gasteiger charge is 2.18. The first-order valence-corrected chi connectivity index (χ1v) is 12.1. The third-order valence-electron chi connectivity index (χ3n) is 5.74. The van der Waals surface area contributed by atoms with Crippen molar-refractivity contribution in [3.05, 3.63) is 78.0 Å². The summed E-state index contributed by atoms with van der Waals surface area (Å²) in [6.07, 6.45) is 6.28. The molecule has 1 saturated heterocycles. The lowest BCUT2D eigenvalue weighted by atomic mass is 9.98. The molecule has 5 heteroatoms. The van der Waals surface area contributed by atoms with Crippen molar-refractivity contribution in [3.8, 4) is 0 Å². The fourth-order valence-electron chi connectivity index (χ4n) is 3.99. The Morgan fingerprint density at radius 3 is 2.30 bits per heavy atom. The molecule has 3 rings (SSSR count). The highest BCUT2D eigenvalue weighted by Crippen LogP contribution is 2.19. The van der Waals surface area contributed by atoms with E-state index in [2.05, 4.69) is 30.6 Å². The molecule has 1 fully saturated rings. The van der Waals surface area contributed by atoms with Crippen molar-refractivity contribution in [1.29, 1.82) is 5.41 Å². The third kappa shape index (κ3) is 8.50. The van der Waals surface area contributed by atoms with Crippen LogP contribution < -0.4 is 5.32 Å². The van der Waals surface area contributed by atoms with E-state index in [-0.39, 0.29) is 0 Å².